The van der Waals surface area contributed by atoms with Crippen LogP contribution in [0.2, 0.25) is 0 Å². The number of hydrogen-bond donors (Lipinski definition) is 1. The van der Waals surface area contributed by atoms with Gasteiger partial charge in [-0.25, -0.2) is 4.79 Å². The van der Waals surface area contributed by atoms with Gasteiger partial charge in [0.2, 0.25) is 5.91 Å². The maximum absolute atomic E-state index is 11.7. The molecular formula is C14H19N3O3. The van der Waals surface area contributed by atoms with Crippen LogP contribution in [-0.2, 0) is 11.3 Å². The van der Waals surface area contributed by atoms with Crippen LogP contribution in [0.25, 0.3) is 0 Å². The second-order valence-corrected chi connectivity index (χ2v) is 4.70. The Balaban J connectivity index is 1.79. The Morgan fingerprint density at radius 3 is 2.70 bits per heavy atom. The van der Waals surface area contributed by atoms with Crippen LogP contribution >= 0.6 is 0 Å². The van der Waals surface area contributed by atoms with Crippen LogP contribution in [0, 0.1) is 0 Å². The number of nitrogens with zero attached hydrogens (tertiary/aromatic N) is 2. The first-order valence-electron chi connectivity index (χ1n) is 6.59. The van der Waals surface area contributed by atoms with E-state index >= 15 is 0 Å². The molecule has 0 aromatic heterocycles. The number of likely N-dealkylation sites (N-methyl/N-ethyl adjacent to an activating group) is 1. The van der Waals surface area contributed by atoms with Gasteiger partial charge in [0, 0.05) is 25.7 Å². The zero-order valence-electron chi connectivity index (χ0n) is 11.5. The number of nitrogens with two attached hydrogens (primary N) is 1. The summed E-state index contributed by atoms with van der Waals surface area (Å²) in [7, 11) is 1.62. The van der Waals surface area contributed by atoms with E-state index in [0.29, 0.717) is 26.1 Å². The monoisotopic (exact) mass is 277 g/mol. The van der Waals surface area contributed by atoms with Gasteiger partial charge in [-0.15, -0.1) is 0 Å². The summed E-state index contributed by atoms with van der Waals surface area (Å²) in [6, 6.07) is 7.33. The Morgan fingerprint density at radius 1 is 1.30 bits per heavy atom. The highest BCUT2D eigenvalue weighted by molar-refractivity contribution is 6.01. The topological polar surface area (TPSA) is 75.9 Å². The minimum atomic E-state index is -0.239. The molecule has 1 aliphatic rings. The molecule has 2 rings (SSSR count). The molecule has 1 aromatic rings. The maximum atomic E-state index is 11.7. The number of carbonyl (C=O) groups is 2. The lowest BCUT2D eigenvalue weighted by molar-refractivity contribution is -0.125. The highest BCUT2D eigenvalue weighted by Gasteiger charge is 2.32. The van der Waals surface area contributed by atoms with Gasteiger partial charge >= 0.3 is 6.03 Å². The van der Waals surface area contributed by atoms with Crippen molar-refractivity contribution in [2.75, 3.05) is 26.7 Å². The molecule has 0 aliphatic carbocycles. The zero-order valence-corrected chi connectivity index (χ0v) is 11.5. The number of rotatable bonds is 6. The number of hydrogen-bond acceptors (Lipinski definition) is 4. The summed E-state index contributed by atoms with van der Waals surface area (Å²) in [6.45, 7) is 1.41. The molecule has 2 N–H and O–H groups in total. The molecule has 6 heteroatoms. The number of benzene rings is 1. The molecule has 1 heterocycles. The molecule has 1 aliphatic heterocycles. The van der Waals surface area contributed by atoms with E-state index in [4.69, 9.17) is 10.5 Å². The normalized spacial score (nSPS) is 15.1. The molecule has 3 amide bonds. The average Bonchev–Trinajstić information content (AvgIpc) is 2.69. The molecule has 1 saturated heterocycles. The Bertz CT molecular complexity index is 504. The third-order valence-corrected chi connectivity index (χ3v) is 3.21. The third kappa shape index (κ3) is 3.08. The third-order valence-electron chi connectivity index (χ3n) is 3.21. The summed E-state index contributed by atoms with van der Waals surface area (Å²) in [5.41, 5.74) is 6.57. The van der Waals surface area contributed by atoms with Crippen molar-refractivity contribution in [3.63, 3.8) is 0 Å². The quantitative estimate of drug-likeness (QED) is 0.616. The van der Waals surface area contributed by atoms with Gasteiger partial charge in [-0.2, -0.15) is 0 Å². The van der Waals surface area contributed by atoms with E-state index in [1.807, 2.05) is 24.3 Å². The van der Waals surface area contributed by atoms with Gasteiger partial charge in [0.25, 0.3) is 0 Å². The number of ether oxygens (including phenoxy) is 1. The summed E-state index contributed by atoms with van der Waals surface area (Å²) in [5.74, 6) is 0.603. The predicted molar refractivity (Wildman–Crippen MR) is 74.2 cm³/mol. The average molecular weight is 277 g/mol. The smallest absolute Gasteiger partial charge is 0.326 e. The summed E-state index contributed by atoms with van der Waals surface area (Å²) in [4.78, 5) is 25.9. The molecule has 0 radical (unpaired) electrons. The fourth-order valence-corrected chi connectivity index (χ4v) is 2.11. The largest absolute Gasteiger partial charge is 0.493 e. The summed E-state index contributed by atoms with van der Waals surface area (Å²) >= 11 is 0. The summed E-state index contributed by atoms with van der Waals surface area (Å²) in [6.07, 6.45) is 0.601. The number of urea groups is 1. The zero-order chi connectivity index (χ0) is 14.5. The molecule has 0 saturated carbocycles. The molecule has 0 atom stereocenters. The van der Waals surface area contributed by atoms with E-state index in [1.165, 1.54) is 9.80 Å². The molecule has 0 unspecified atom stereocenters. The van der Waals surface area contributed by atoms with Gasteiger partial charge in [-0.1, -0.05) is 18.2 Å². The van der Waals surface area contributed by atoms with E-state index in [9.17, 15) is 9.59 Å². The Labute approximate surface area is 118 Å². The van der Waals surface area contributed by atoms with E-state index < -0.39 is 0 Å². The maximum Gasteiger partial charge on any atom is 0.326 e. The minimum absolute atomic E-state index is 0.153. The van der Waals surface area contributed by atoms with Crippen LogP contribution in [0.1, 0.15) is 12.0 Å². The summed E-state index contributed by atoms with van der Waals surface area (Å²) < 4.78 is 5.64. The predicted octanol–water partition coefficient (Wildman–Crippen LogP) is 0.808. The lowest BCUT2D eigenvalue weighted by atomic mass is 10.2. The Hall–Kier alpha value is -2.08. The van der Waals surface area contributed by atoms with Gasteiger partial charge in [0.1, 0.15) is 12.3 Å². The molecule has 1 aromatic carbocycles. The van der Waals surface area contributed by atoms with E-state index in [0.717, 1.165) is 11.3 Å². The molecule has 6 nitrogen and oxygen atoms in total. The van der Waals surface area contributed by atoms with Gasteiger partial charge in [0.15, 0.2) is 0 Å². The first-order valence-corrected chi connectivity index (χ1v) is 6.59. The number of para-hydroxylation sites is 1. The highest BCUT2D eigenvalue weighted by Crippen LogP contribution is 2.17. The molecule has 0 spiro atoms. The van der Waals surface area contributed by atoms with E-state index in [1.54, 1.807) is 7.05 Å². The van der Waals surface area contributed by atoms with Crippen molar-refractivity contribution in [1.29, 1.82) is 0 Å². The molecule has 0 bridgehead atoms. The van der Waals surface area contributed by atoms with Crippen LogP contribution in [-0.4, -0.2) is 48.5 Å². The number of carbonyl (C=O) groups excluding carboxylic acids is 2. The first-order chi connectivity index (χ1) is 9.63. The van der Waals surface area contributed by atoms with Crippen LogP contribution in [0.5, 0.6) is 5.75 Å². The van der Waals surface area contributed by atoms with E-state index in [2.05, 4.69) is 0 Å². The van der Waals surface area contributed by atoms with Crippen molar-refractivity contribution >= 4 is 11.9 Å². The lowest BCUT2D eigenvalue weighted by Gasteiger charge is -2.15. The first kappa shape index (κ1) is 14.3. The fourth-order valence-electron chi connectivity index (χ4n) is 2.11. The van der Waals surface area contributed by atoms with Crippen LogP contribution < -0.4 is 10.5 Å². The SMILES string of the molecule is CN1CC(=O)N(CCCOc2ccccc2CN)C1=O. The molecule has 1 fully saturated rings. The van der Waals surface area contributed by atoms with Crippen molar-refractivity contribution < 1.29 is 14.3 Å². The van der Waals surface area contributed by atoms with Crippen molar-refractivity contribution in [3.8, 4) is 5.75 Å². The standard InChI is InChI=1S/C14H19N3O3/c1-16-10-13(18)17(14(16)19)7-4-8-20-12-6-3-2-5-11(12)9-15/h2-3,5-6H,4,7-10,15H2,1H3. The highest BCUT2D eigenvalue weighted by atomic mass is 16.5. The molecular weight excluding hydrogens is 258 g/mol. The Morgan fingerprint density at radius 2 is 2.05 bits per heavy atom. The summed E-state index contributed by atoms with van der Waals surface area (Å²) in [5, 5.41) is 0. The van der Waals surface area contributed by atoms with Crippen molar-refractivity contribution in [3.05, 3.63) is 29.8 Å². The fraction of sp³-hybridized carbons (Fsp3) is 0.429. The minimum Gasteiger partial charge on any atom is -0.493 e. The second kappa shape index (κ2) is 6.38. The molecule has 20 heavy (non-hydrogen) atoms. The van der Waals surface area contributed by atoms with Crippen LogP contribution in [0.4, 0.5) is 4.79 Å². The lowest BCUT2D eigenvalue weighted by Crippen LogP contribution is -2.33. The van der Waals surface area contributed by atoms with E-state index in [-0.39, 0.29) is 18.5 Å². The van der Waals surface area contributed by atoms with Gasteiger partial charge in [0.05, 0.1) is 6.61 Å². The number of imide groups is 1. The van der Waals surface area contributed by atoms with Crippen molar-refractivity contribution in [2.45, 2.75) is 13.0 Å². The second-order valence-electron chi connectivity index (χ2n) is 4.70. The van der Waals surface area contributed by atoms with Crippen LogP contribution in [0.3, 0.4) is 0 Å². The molecule has 108 valence electrons. The van der Waals surface area contributed by atoms with Crippen molar-refractivity contribution in [2.24, 2.45) is 5.73 Å². The van der Waals surface area contributed by atoms with Gasteiger partial charge < -0.3 is 15.4 Å². The van der Waals surface area contributed by atoms with Crippen molar-refractivity contribution in [1.82, 2.24) is 9.80 Å². The van der Waals surface area contributed by atoms with Crippen LogP contribution in [0.15, 0.2) is 24.3 Å². The van der Waals surface area contributed by atoms with Gasteiger partial charge in [-0.05, 0) is 12.5 Å². The number of amides is 3. The Kier molecular flexibility index (Phi) is 4.57. The van der Waals surface area contributed by atoms with Gasteiger partial charge in [-0.3, -0.25) is 9.69 Å².